The molecule has 0 saturated heterocycles. The predicted molar refractivity (Wildman–Crippen MR) is 182 cm³/mol. The Kier molecular flexibility index (Phi) is 7.69. The number of hydrogen-bond donors (Lipinski definition) is 0. The minimum absolute atomic E-state index is 0.227. The second-order valence-electron chi connectivity index (χ2n) is 12.8. The zero-order valence-electron chi connectivity index (χ0n) is 24.3. The minimum Gasteiger partial charge on any atom is -0.154 e. The largest absolute Gasteiger partial charge is 0.223 e. The zero-order chi connectivity index (χ0) is 28.8. The van der Waals surface area contributed by atoms with Gasteiger partial charge in [-0.25, -0.2) is 0 Å². The first-order chi connectivity index (χ1) is 18.9. The Morgan fingerprint density at radius 3 is 0.675 bits per heavy atom. The van der Waals surface area contributed by atoms with Crippen LogP contribution in [0.1, 0.15) is 63.8 Å². The molecule has 0 saturated carbocycles. The quantitative estimate of drug-likeness (QED) is 0.162. The Bertz CT molecular complexity index is 1320. The summed E-state index contributed by atoms with van der Waals surface area (Å²) >= 11 is 17.0. The van der Waals surface area contributed by atoms with Crippen LogP contribution in [0.25, 0.3) is 20.8 Å². The molecule has 40 heavy (non-hydrogen) atoms. The molecule has 0 amide bonds. The summed E-state index contributed by atoms with van der Waals surface area (Å²) in [6.07, 6.45) is 0. The minimum atomic E-state index is -3.06. The Hall–Kier alpha value is -2.63. The van der Waals surface area contributed by atoms with Gasteiger partial charge in [0.05, 0.1) is 0 Å². The van der Waals surface area contributed by atoms with Crippen molar-refractivity contribution in [3.63, 3.8) is 0 Å². The summed E-state index contributed by atoms with van der Waals surface area (Å²) in [5, 5.41) is 4.62. The first-order valence-corrected chi connectivity index (χ1v) is 20.0. The molecule has 1 aliphatic rings. The molecule has 0 fully saturated rings. The normalized spacial score (nSPS) is 22.0. The van der Waals surface area contributed by atoms with Gasteiger partial charge in [0.2, 0.25) is 14.8 Å². The van der Waals surface area contributed by atoms with E-state index in [0.29, 0.717) is 0 Å². The molecule has 0 atom stereocenters. The molecule has 0 bridgehead atoms. The van der Waals surface area contributed by atoms with Gasteiger partial charge in [0, 0.05) is 0 Å². The molecule has 0 N–H and O–H groups in total. The van der Waals surface area contributed by atoms with Crippen molar-refractivity contribution in [1.82, 2.24) is 0 Å². The summed E-state index contributed by atoms with van der Waals surface area (Å²) in [5.74, 6) is 0. The van der Waals surface area contributed by atoms with Crippen molar-refractivity contribution in [2.45, 2.75) is 51.6 Å². The first kappa shape index (κ1) is 28.9. The first-order valence-electron chi connectivity index (χ1n) is 14.0. The van der Waals surface area contributed by atoms with Crippen LogP contribution in [0, 0.1) is 0 Å². The Morgan fingerprint density at radius 1 is 0.350 bits per heavy atom. The zero-order valence-corrected chi connectivity index (χ0v) is 27.8. The van der Waals surface area contributed by atoms with Crippen LogP contribution in [-0.4, -0.2) is 14.8 Å². The number of benzene rings is 4. The highest BCUT2D eigenvalue weighted by molar-refractivity contribution is 7.51. The fourth-order valence-electron chi connectivity index (χ4n) is 6.23. The molecule has 5 rings (SSSR count). The standard InChI is InChI=1S/C36H38Cl2Si2/c1-35(2,3)39(37)31(27-19-11-7-12-20-27)33(29-23-15-9-16-24-29)40(38,36(4,5)6)34(30-25-17-10-18-26-30)32(39)28-21-13-8-14-22-28/h7-26H,1-6H3. The monoisotopic (exact) mass is 596 g/mol. The smallest absolute Gasteiger partial charge is 0.154 e. The van der Waals surface area contributed by atoms with Crippen molar-refractivity contribution in [3.05, 3.63) is 144 Å². The van der Waals surface area contributed by atoms with Gasteiger partial charge in [0.25, 0.3) is 0 Å². The lowest BCUT2D eigenvalue weighted by Gasteiger charge is -2.54. The molecular formula is C36H38Cl2Si2. The van der Waals surface area contributed by atoms with Gasteiger partial charge >= 0.3 is 0 Å². The molecule has 1 heterocycles. The molecule has 4 aromatic carbocycles. The van der Waals surface area contributed by atoms with E-state index in [1.807, 2.05) is 0 Å². The van der Waals surface area contributed by atoms with E-state index in [-0.39, 0.29) is 10.1 Å². The summed E-state index contributed by atoms with van der Waals surface area (Å²) in [7, 11) is -6.11. The lowest BCUT2D eigenvalue weighted by Crippen LogP contribution is -2.54. The SMILES string of the molecule is CC(C)(C)[Si]1(Cl)C(c2ccccc2)=C(c2ccccc2)[Si](Cl)(C(C)(C)C)C(c2ccccc2)=C1c1ccccc1. The molecule has 0 aromatic heterocycles. The van der Waals surface area contributed by atoms with Crippen LogP contribution in [0.15, 0.2) is 121 Å². The predicted octanol–water partition coefficient (Wildman–Crippen LogP) is 11.3. The lowest BCUT2D eigenvalue weighted by molar-refractivity contribution is 0.741. The van der Waals surface area contributed by atoms with E-state index >= 15 is 0 Å². The average molecular weight is 598 g/mol. The Morgan fingerprint density at radius 2 is 0.525 bits per heavy atom. The number of rotatable bonds is 4. The molecule has 0 radical (unpaired) electrons. The fourth-order valence-corrected chi connectivity index (χ4v) is 19.6. The van der Waals surface area contributed by atoms with E-state index < -0.39 is 14.8 Å². The van der Waals surface area contributed by atoms with E-state index in [2.05, 4.69) is 163 Å². The van der Waals surface area contributed by atoms with Gasteiger partial charge in [-0.05, 0) is 53.1 Å². The third kappa shape index (κ3) is 4.59. The van der Waals surface area contributed by atoms with E-state index in [0.717, 1.165) is 0 Å². The third-order valence-corrected chi connectivity index (χ3v) is 23.4. The molecule has 4 heteroatoms. The van der Waals surface area contributed by atoms with Crippen LogP contribution >= 0.6 is 22.2 Å². The second-order valence-corrected chi connectivity index (χ2v) is 23.8. The van der Waals surface area contributed by atoms with Crippen LogP contribution in [0.5, 0.6) is 0 Å². The highest BCUT2D eigenvalue weighted by Gasteiger charge is 2.63. The summed E-state index contributed by atoms with van der Waals surface area (Å²) in [6, 6.07) is 43.3. The van der Waals surface area contributed by atoms with Crippen molar-refractivity contribution >= 4 is 57.7 Å². The average Bonchev–Trinajstić information content (AvgIpc) is 2.94. The maximum atomic E-state index is 8.51. The van der Waals surface area contributed by atoms with Gasteiger partial charge in [-0.2, -0.15) is 22.2 Å². The van der Waals surface area contributed by atoms with Crippen molar-refractivity contribution < 1.29 is 0 Å². The number of halogens is 2. The molecule has 1 aliphatic heterocycles. The van der Waals surface area contributed by atoms with E-state index in [4.69, 9.17) is 22.2 Å². The molecule has 0 spiro atoms. The van der Waals surface area contributed by atoms with E-state index in [1.54, 1.807) is 0 Å². The molecule has 204 valence electrons. The lowest BCUT2D eigenvalue weighted by atomic mass is 10.1. The Balaban J connectivity index is 2.12. The molecular weight excluding hydrogens is 559 g/mol. The summed E-state index contributed by atoms with van der Waals surface area (Å²) < 4.78 is 0. The van der Waals surface area contributed by atoms with Gasteiger partial charge < -0.3 is 0 Å². The van der Waals surface area contributed by atoms with Gasteiger partial charge in [-0.15, -0.1) is 0 Å². The molecule has 0 nitrogen and oxygen atoms in total. The third-order valence-electron chi connectivity index (χ3n) is 8.19. The van der Waals surface area contributed by atoms with Crippen LogP contribution in [0.2, 0.25) is 10.1 Å². The maximum Gasteiger partial charge on any atom is 0.223 e. The molecule has 0 aliphatic carbocycles. The van der Waals surface area contributed by atoms with Crippen LogP contribution in [0.4, 0.5) is 0 Å². The van der Waals surface area contributed by atoms with Crippen LogP contribution < -0.4 is 0 Å². The highest BCUT2D eigenvalue weighted by Crippen LogP contribution is 2.68. The summed E-state index contributed by atoms with van der Waals surface area (Å²) in [5.41, 5.74) is 4.72. The van der Waals surface area contributed by atoms with Gasteiger partial charge in [0.15, 0.2) is 0 Å². The summed E-state index contributed by atoms with van der Waals surface area (Å²) in [6.45, 7) is 13.9. The fraction of sp³-hybridized carbons (Fsp3) is 0.222. The topological polar surface area (TPSA) is 0 Å². The molecule has 0 unspecified atom stereocenters. The van der Waals surface area contributed by atoms with E-state index in [9.17, 15) is 0 Å². The Labute approximate surface area is 251 Å². The van der Waals surface area contributed by atoms with Gasteiger partial charge in [-0.3, -0.25) is 0 Å². The molecule has 4 aromatic rings. The van der Waals surface area contributed by atoms with Crippen molar-refractivity contribution in [1.29, 1.82) is 0 Å². The van der Waals surface area contributed by atoms with Crippen LogP contribution in [-0.2, 0) is 0 Å². The van der Waals surface area contributed by atoms with Gasteiger partial charge in [0.1, 0.15) is 0 Å². The highest BCUT2D eigenvalue weighted by atomic mass is 35.6. The van der Waals surface area contributed by atoms with Gasteiger partial charge in [-0.1, -0.05) is 163 Å². The van der Waals surface area contributed by atoms with E-state index in [1.165, 1.54) is 43.0 Å². The van der Waals surface area contributed by atoms with Crippen molar-refractivity contribution in [3.8, 4) is 0 Å². The van der Waals surface area contributed by atoms with Crippen molar-refractivity contribution in [2.75, 3.05) is 0 Å². The van der Waals surface area contributed by atoms with Crippen molar-refractivity contribution in [2.24, 2.45) is 0 Å². The number of hydrogen-bond acceptors (Lipinski definition) is 0. The second kappa shape index (κ2) is 10.6. The van der Waals surface area contributed by atoms with Crippen LogP contribution in [0.3, 0.4) is 0 Å². The summed E-state index contributed by atoms with van der Waals surface area (Å²) in [4.78, 5) is 0. The maximum absolute atomic E-state index is 8.51.